The lowest BCUT2D eigenvalue weighted by Gasteiger charge is -2.34. The van der Waals surface area contributed by atoms with E-state index in [-0.39, 0.29) is 28.9 Å². The number of benzene rings is 2. The first-order valence-electron chi connectivity index (χ1n) is 12.0. The molecule has 1 N–H and O–H groups in total. The van der Waals surface area contributed by atoms with Crippen LogP contribution < -0.4 is 10.1 Å². The second kappa shape index (κ2) is 9.17. The fraction of sp³-hybridized carbons (Fsp3) is 0.448. The summed E-state index contributed by atoms with van der Waals surface area (Å²) in [7, 11) is 0. The van der Waals surface area contributed by atoms with Gasteiger partial charge in [-0.25, -0.2) is 0 Å². The minimum absolute atomic E-state index is 0.00969. The maximum atomic E-state index is 13.3. The SMILES string of the molecule is CC(C)COc1ccc(C2CC(=O)C3=C(C2)NC(=O)CC3c2ccc(C(C)(C)C)cc2)cc1. The molecule has 2 aromatic carbocycles. The van der Waals surface area contributed by atoms with Crippen LogP contribution in [-0.2, 0) is 15.0 Å². The summed E-state index contributed by atoms with van der Waals surface area (Å²) < 4.78 is 5.79. The summed E-state index contributed by atoms with van der Waals surface area (Å²) in [5, 5.41) is 3.02. The molecule has 0 radical (unpaired) electrons. The predicted octanol–water partition coefficient (Wildman–Crippen LogP) is 6.02. The van der Waals surface area contributed by atoms with Crippen LogP contribution in [0.3, 0.4) is 0 Å². The van der Waals surface area contributed by atoms with Gasteiger partial charge in [-0.05, 0) is 52.5 Å². The Balaban J connectivity index is 1.57. The lowest BCUT2D eigenvalue weighted by Crippen LogP contribution is -2.38. The molecular formula is C29H35NO3. The van der Waals surface area contributed by atoms with Gasteiger partial charge < -0.3 is 10.1 Å². The minimum Gasteiger partial charge on any atom is -0.493 e. The highest BCUT2D eigenvalue weighted by Gasteiger charge is 2.38. The van der Waals surface area contributed by atoms with Gasteiger partial charge in [0.25, 0.3) is 0 Å². The minimum atomic E-state index is -0.164. The van der Waals surface area contributed by atoms with Crippen LogP contribution in [-0.4, -0.2) is 18.3 Å². The molecule has 1 aliphatic carbocycles. The molecule has 0 aromatic heterocycles. The molecule has 1 amide bonds. The quantitative estimate of drug-likeness (QED) is 0.612. The molecule has 33 heavy (non-hydrogen) atoms. The van der Waals surface area contributed by atoms with E-state index in [0.29, 0.717) is 31.8 Å². The van der Waals surface area contributed by atoms with Crippen molar-refractivity contribution in [1.82, 2.24) is 5.32 Å². The monoisotopic (exact) mass is 445 g/mol. The van der Waals surface area contributed by atoms with E-state index in [1.54, 1.807) is 0 Å². The Labute approximate surface area is 197 Å². The average Bonchev–Trinajstić information content (AvgIpc) is 2.76. The van der Waals surface area contributed by atoms with Crippen LogP contribution in [0.15, 0.2) is 59.8 Å². The number of rotatable bonds is 5. The molecule has 0 saturated heterocycles. The summed E-state index contributed by atoms with van der Waals surface area (Å²) in [6.07, 6.45) is 1.47. The first kappa shape index (κ1) is 23.3. The summed E-state index contributed by atoms with van der Waals surface area (Å²) in [4.78, 5) is 25.9. The van der Waals surface area contributed by atoms with Crippen LogP contribution in [0.4, 0.5) is 0 Å². The number of ether oxygens (including phenoxy) is 1. The van der Waals surface area contributed by atoms with E-state index >= 15 is 0 Å². The molecular weight excluding hydrogens is 410 g/mol. The van der Waals surface area contributed by atoms with Crippen molar-refractivity contribution in [1.29, 1.82) is 0 Å². The van der Waals surface area contributed by atoms with Gasteiger partial charge in [-0.2, -0.15) is 0 Å². The van der Waals surface area contributed by atoms with Crippen molar-refractivity contribution in [2.45, 2.75) is 71.1 Å². The van der Waals surface area contributed by atoms with Gasteiger partial charge in [-0.1, -0.05) is 71.0 Å². The highest BCUT2D eigenvalue weighted by Crippen LogP contribution is 2.43. The molecule has 2 atom stereocenters. The zero-order valence-corrected chi connectivity index (χ0v) is 20.4. The third kappa shape index (κ3) is 5.21. The van der Waals surface area contributed by atoms with Crippen molar-refractivity contribution in [3.8, 4) is 5.75 Å². The lowest BCUT2D eigenvalue weighted by atomic mass is 9.73. The van der Waals surface area contributed by atoms with Crippen LogP contribution >= 0.6 is 0 Å². The Bertz CT molecular complexity index is 1060. The molecule has 1 heterocycles. The van der Waals surface area contributed by atoms with E-state index in [9.17, 15) is 9.59 Å². The highest BCUT2D eigenvalue weighted by molar-refractivity contribution is 6.02. The number of carbonyl (C=O) groups excluding carboxylic acids is 2. The number of amides is 1. The summed E-state index contributed by atoms with van der Waals surface area (Å²) >= 11 is 0. The van der Waals surface area contributed by atoms with Crippen LogP contribution in [0.25, 0.3) is 0 Å². The standard InChI is InChI=1S/C29H35NO3/c1-18(2)17-33-23-12-8-19(9-13-23)21-14-25-28(26(31)15-21)24(16-27(32)30-25)20-6-10-22(11-7-20)29(3,4)5/h6-13,18,21,24H,14-17H2,1-5H3,(H,30,32). The molecule has 0 spiro atoms. The van der Waals surface area contributed by atoms with Crippen LogP contribution in [0.5, 0.6) is 5.75 Å². The fourth-order valence-electron chi connectivity index (χ4n) is 4.80. The first-order valence-corrected chi connectivity index (χ1v) is 12.0. The Morgan fingerprint density at radius 1 is 0.909 bits per heavy atom. The van der Waals surface area contributed by atoms with Crippen molar-refractivity contribution in [3.63, 3.8) is 0 Å². The number of nitrogens with one attached hydrogen (secondary N) is 1. The molecule has 1 aliphatic heterocycles. The number of ketones is 1. The second-order valence-corrected chi connectivity index (χ2v) is 10.9. The Kier molecular flexibility index (Phi) is 6.47. The summed E-state index contributed by atoms with van der Waals surface area (Å²) in [6.45, 7) is 11.5. The zero-order valence-electron chi connectivity index (χ0n) is 20.4. The van der Waals surface area contributed by atoms with Crippen LogP contribution in [0.2, 0.25) is 0 Å². The third-order valence-corrected chi connectivity index (χ3v) is 6.65. The molecule has 0 bridgehead atoms. The van der Waals surface area contributed by atoms with Gasteiger partial charge in [-0.3, -0.25) is 9.59 Å². The smallest absolute Gasteiger partial charge is 0.225 e. The average molecular weight is 446 g/mol. The lowest BCUT2D eigenvalue weighted by molar-refractivity contribution is -0.122. The summed E-state index contributed by atoms with van der Waals surface area (Å²) in [5.74, 6) is 1.36. The Morgan fingerprint density at radius 3 is 2.15 bits per heavy atom. The van der Waals surface area contributed by atoms with Crippen LogP contribution in [0, 0.1) is 5.92 Å². The topological polar surface area (TPSA) is 55.4 Å². The molecule has 0 fully saturated rings. The van der Waals surface area contributed by atoms with Crippen molar-refractivity contribution >= 4 is 11.7 Å². The normalized spacial score (nSPS) is 21.2. The Morgan fingerprint density at radius 2 is 1.55 bits per heavy atom. The summed E-state index contributed by atoms with van der Waals surface area (Å²) in [5.41, 5.74) is 5.07. The van der Waals surface area contributed by atoms with Crippen molar-refractivity contribution in [3.05, 3.63) is 76.5 Å². The largest absolute Gasteiger partial charge is 0.493 e. The van der Waals surface area contributed by atoms with Crippen molar-refractivity contribution in [2.75, 3.05) is 6.61 Å². The van der Waals surface area contributed by atoms with Crippen molar-refractivity contribution < 1.29 is 14.3 Å². The number of hydrogen-bond acceptors (Lipinski definition) is 3. The van der Waals surface area contributed by atoms with Gasteiger partial charge in [0.15, 0.2) is 5.78 Å². The molecule has 2 aliphatic rings. The second-order valence-electron chi connectivity index (χ2n) is 10.9. The van der Waals surface area contributed by atoms with Gasteiger partial charge in [-0.15, -0.1) is 0 Å². The molecule has 174 valence electrons. The van der Waals surface area contributed by atoms with E-state index in [0.717, 1.165) is 28.1 Å². The molecule has 0 saturated carbocycles. The van der Waals surface area contributed by atoms with Crippen LogP contribution in [0.1, 0.15) is 82.4 Å². The first-order chi connectivity index (χ1) is 15.6. The number of hydrogen-bond donors (Lipinski definition) is 1. The van der Waals surface area contributed by atoms with Crippen molar-refractivity contribution in [2.24, 2.45) is 5.92 Å². The molecule has 4 heteroatoms. The van der Waals surface area contributed by atoms with E-state index < -0.39 is 0 Å². The number of carbonyl (C=O) groups is 2. The van der Waals surface area contributed by atoms with E-state index in [1.165, 1.54) is 5.56 Å². The molecule has 2 unspecified atom stereocenters. The highest BCUT2D eigenvalue weighted by atomic mass is 16.5. The maximum absolute atomic E-state index is 13.3. The summed E-state index contributed by atoms with van der Waals surface area (Å²) in [6, 6.07) is 16.5. The van der Waals surface area contributed by atoms with Gasteiger partial charge in [0.05, 0.1) is 6.61 Å². The third-order valence-electron chi connectivity index (χ3n) is 6.65. The van der Waals surface area contributed by atoms with Gasteiger partial charge in [0, 0.05) is 30.0 Å². The maximum Gasteiger partial charge on any atom is 0.225 e. The predicted molar refractivity (Wildman–Crippen MR) is 131 cm³/mol. The van der Waals surface area contributed by atoms with Gasteiger partial charge in [0.2, 0.25) is 5.91 Å². The fourth-order valence-corrected chi connectivity index (χ4v) is 4.80. The Hall–Kier alpha value is -2.88. The van der Waals surface area contributed by atoms with E-state index in [4.69, 9.17) is 4.74 Å². The zero-order chi connectivity index (χ0) is 23.8. The number of allylic oxidation sites excluding steroid dienone is 2. The number of Topliss-reactive ketones (excluding diaryl/α,β-unsaturated/α-hetero) is 1. The van der Waals surface area contributed by atoms with E-state index in [1.807, 2.05) is 24.3 Å². The molecule has 2 aromatic rings. The van der Waals surface area contributed by atoms with Gasteiger partial charge >= 0.3 is 0 Å². The van der Waals surface area contributed by atoms with E-state index in [2.05, 4.69) is 64.2 Å². The molecule has 4 nitrogen and oxygen atoms in total. The van der Waals surface area contributed by atoms with Gasteiger partial charge in [0.1, 0.15) is 5.75 Å². The molecule has 4 rings (SSSR count).